The molecule has 2 amide bonds. The molecule has 3 aromatic rings. The van der Waals surface area contributed by atoms with E-state index in [2.05, 4.69) is 25.9 Å². The molecule has 0 fully saturated rings. The van der Waals surface area contributed by atoms with Crippen LogP contribution in [0, 0.1) is 0 Å². The van der Waals surface area contributed by atoms with Crippen molar-refractivity contribution in [3.8, 4) is 0 Å². The molecule has 0 bridgehead atoms. The van der Waals surface area contributed by atoms with Crippen LogP contribution in [-0.2, 0) is 11.3 Å². The lowest BCUT2D eigenvalue weighted by Crippen LogP contribution is -2.23. The van der Waals surface area contributed by atoms with Crippen molar-refractivity contribution in [2.24, 2.45) is 0 Å². The maximum Gasteiger partial charge on any atom is 0.253 e. The van der Waals surface area contributed by atoms with E-state index in [1.54, 1.807) is 36.8 Å². The van der Waals surface area contributed by atoms with Gasteiger partial charge in [0.25, 0.3) is 5.91 Å². The fraction of sp³-hybridized carbons (Fsp3) is 0.100. The average molecular weight is 361 g/mol. The first-order chi connectivity index (χ1) is 13.1. The van der Waals surface area contributed by atoms with Crippen LogP contribution < -0.4 is 16.0 Å². The lowest BCUT2D eigenvalue weighted by molar-refractivity contribution is -0.114. The SMILES string of the molecule is CC(=O)Nc1cccc(Nc2cncc(C(=O)NCc3cccnc3)c2)c1. The number of anilines is 3. The van der Waals surface area contributed by atoms with E-state index >= 15 is 0 Å². The molecule has 7 heteroatoms. The number of nitrogens with zero attached hydrogens (tertiary/aromatic N) is 2. The Bertz CT molecular complexity index is 944. The summed E-state index contributed by atoms with van der Waals surface area (Å²) in [6, 6.07) is 12.7. The van der Waals surface area contributed by atoms with Gasteiger partial charge in [0.15, 0.2) is 0 Å². The summed E-state index contributed by atoms with van der Waals surface area (Å²) < 4.78 is 0. The number of aromatic nitrogens is 2. The third kappa shape index (κ3) is 5.37. The number of hydrogen-bond donors (Lipinski definition) is 3. The minimum absolute atomic E-state index is 0.138. The van der Waals surface area contributed by atoms with Crippen LogP contribution in [0.2, 0.25) is 0 Å². The second-order valence-corrected chi connectivity index (χ2v) is 5.89. The van der Waals surface area contributed by atoms with Crippen LogP contribution in [0.15, 0.2) is 67.3 Å². The molecule has 0 aliphatic carbocycles. The van der Waals surface area contributed by atoms with Crippen molar-refractivity contribution in [3.63, 3.8) is 0 Å². The van der Waals surface area contributed by atoms with Gasteiger partial charge in [-0.15, -0.1) is 0 Å². The molecular weight excluding hydrogens is 342 g/mol. The molecule has 0 aliphatic heterocycles. The highest BCUT2D eigenvalue weighted by Gasteiger charge is 2.07. The molecule has 0 saturated carbocycles. The predicted octanol–water partition coefficient (Wildman–Crippen LogP) is 3.11. The topological polar surface area (TPSA) is 96.0 Å². The van der Waals surface area contributed by atoms with Gasteiger partial charge in [0.05, 0.1) is 17.4 Å². The highest BCUT2D eigenvalue weighted by atomic mass is 16.2. The van der Waals surface area contributed by atoms with Crippen molar-refractivity contribution in [1.29, 1.82) is 0 Å². The zero-order valence-corrected chi connectivity index (χ0v) is 14.8. The zero-order valence-electron chi connectivity index (χ0n) is 14.8. The standard InChI is InChI=1S/C20H19N5O2/c1-14(26)24-17-5-2-6-18(9-17)25-19-8-16(12-22-13-19)20(27)23-11-15-4-3-7-21-10-15/h2-10,12-13,25H,11H2,1H3,(H,23,27)(H,24,26). The highest BCUT2D eigenvalue weighted by Crippen LogP contribution is 2.20. The lowest BCUT2D eigenvalue weighted by atomic mass is 10.2. The van der Waals surface area contributed by atoms with Gasteiger partial charge in [-0.3, -0.25) is 19.6 Å². The highest BCUT2D eigenvalue weighted by molar-refractivity contribution is 5.95. The number of carbonyl (C=O) groups excluding carboxylic acids is 2. The number of carbonyl (C=O) groups is 2. The van der Waals surface area contributed by atoms with E-state index in [4.69, 9.17) is 0 Å². The van der Waals surface area contributed by atoms with Crippen LogP contribution in [-0.4, -0.2) is 21.8 Å². The van der Waals surface area contributed by atoms with Crippen LogP contribution in [0.1, 0.15) is 22.8 Å². The largest absolute Gasteiger partial charge is 0.354 e. The van der Waals surface area contributed by atoms with Crippen LogP contribution in [0.3, 0.4) is 0 Å². The summed E-state index contributed by atoms with van der Waals surface area (Å²) in [7, 11) is 0. The quantitative estimate of drug-likeness (QED) is 0.627. The van der Waals surface area contributed by atoms with E-state index in [9.17, 15) is 9.59 Å². The van der Waals surface area contributed by atoms with Crippen LogP contribution in [0.4, 0.5) is 17.1 Å². The molecule has 2 heterocycles. The zero-order chi connectivity index (χ0) is 19.1. The minimum atomic E-state index is -0.220. The third-order valence-electron chi connectivity index (χ3n) is 3.65. The second-order valence-electron chi connectivity index (χ2n) is 5.89. The molecule has 136 valence electrons. The Morgan fingerprint density at radius 3 is 2.56 bits per heavy atom. The number of rotatable bonds is 6. The molecule has 0 spiro atoms. The Morgan fingerprint density at radius 1 is 0.926 bits per heavy atom. The van der Waals surface area contributed by atoms with Gasteiger partial charge in [0, 0.05) is 43.4 Å². The molecule has 7 nitrogen and oxygen atoms in total. The van der Waals surface area contributed by atoms with Crippen LogP contribution in [0.25, 0.3) is 0 Å². The smallest absolute Gasteiger partial charge is 0.253 e. The molecule has 0 saturated heterocycles. The molecule has 0 atom stereocenters. The number of amides is 2. The molecule has 2 aromatic heterocycles. The van der Waals surface area contributed by atoms with Crippen LogP contribution in [0.5, 0.6) is 0 Å². The monoisotopic (exact) mass is 361 g/mol. The van der Waals surface area contributed by atoms with Crippen molar-refractivity contribution < 1.29 is 9.59 Å². The normalized spacial score (nSPS) is 10.1. The Hall–Kier alpha value is -3.74. The molecule has 3 rings (SSSR count). The fourth-order valence-electron chi connectivity index (χ4n) is 2.46. The van der Waals surface area contributed by atoms with Crippen molar-refractivity contribution in [3.05, 3.63) is 78.4 Å². The first kappa shape index (κ1) is 18.1. The van der Waals surface area contributed by atoms with Crippen LogP contribution >= 0.6 is 0 Å². The van der Waals surface area contributed by atoms with E-state index in [-0.39, 0.29) is 11.8 Å². The van der Waals surface area contributed by atoms with Gasteiger partial charge in [0.1, 0.15) is 0 Å². The third-order valence-corrected chi connectivity index (χ3v) is 3.65. The summed E-state index contributed by atoms with van der Waals surface area (Å²) >= 11 is 0. The van der Waals surface area contributed by atoms with Crippen molar-refractivity contribution in [2.75, 3.05) is 10.6 Å². The number of pyridine rings is 2. The molecule has 27 heavy (non-hydrogen) atoms. The van der Waals surface area contributed by atoms with Gasteiger partial charge in [-0.1, -0.05) is 12.1 Å². The fourth-order valence-corrected chi connectivity index (χ4v) is 2.46. The van der Waals surface area contributed by atoms with Gasteiger partial charge in [0.2, 0.25) is 5.91 Å². The predicted molar refractivity (Wildman–Crippen MR) is 104 cm³/mol. The maximum absolute atomic E-state index is 12.4. The van der Waals surface area contributed by atoms with Gasteiger partial charge >= 0.3 is 0 Å². The number of benzene rings is 1. The Kier molecular flexibility index (Phi) is 5.73. The van der Waals surface area contributed by atoms with E-state index in [0.29, 0.717) is 23.5 Å². The molecule has 0 aliphatic rings. The average Bonchev–Trinajstić information content (AvgIpc) is 2.67. The van der Waals surface area contributed by atoms with Gasteiger partial charge in [-0.25, -0.2) is 0 Å². The van der Waals surface area contributed by atoms with E-state index in [1.807, 2.05) is 24.3 Å². The molecule has 0 unspecified atom stereocenters. The van der Waals surface area contributed by atoms with E-state index < -0.39 is 0 Å². The number of nitrogens with one attached hydrogen (secondary N) is 3. The minimum Gasteiger partial charge on any atom is -0.354 e. The molecule has 3 N–H and O–H groups in total. The summed E-state index contributed by atoms with van der Waals surface area (Å²) in [5.74, 6) is -0.358. The Labute approximate surface area is 156 Å². The van der Waals surface area contributed by atoms with Crippen molar-refractivity contribution in [2.45, 2.75) is 13.5 Å². The summed E-state index contributed by atoms with van der Waals surface area (Å²) in [5.41, 5.74) is 3.50. The van der Waals surface area contributed by atoms with Crippen molar-refractivity contribution >= 4 is 28.9 Å². The summed E-state index contributed by atoms with van der Waals surface area (Å²) in [6.07, 6.45) is 6.53. The molecular formula is C20H19N5O2. The summed E-state index contributed by atoms with van der Waals surface area (Å²) in [5, 5.41) is 8.75. The molecule has 1 aromatic carbocycles. The van der Waals surface area contributed by atoms with Gasteiger partial charge < -0.3 is 16.0 Å². The second kappa shape index (κ2) is 8.57. The molecule has 0 radical (unpaired) electrons. The van der Waals surface area contributed by atoms with Crippen molar-refractivity contribution in [1.82, 2.24) is 15.3 Å². The number of hydrogen-bond acceptors (Lipinski definition) is 5. The Balaban J connectivity index is 1.66. The maximum atomic E-state index is 12.4. The van der Waals surface area contributed by atoms with Gasteiger partial charge in [-0.05, 0) is 35.9 Å². The van der Waals surface area contributed by atoms with E-state index in [1.165, 1.54) is 13.1 Å². The first-order valence-corrected chi connectivity index (χ1v) is 8.37. The first-order valence-electron chi connectivity index (χ1n) is 8.37. The summed E-state index contributed by atoms with van der Waals surface area (Å²) in [4.78, 5) is 31.7. The summed E-state index contributed by atoms with van der Waals surface area (Å²) in [6.45, 7) is 1.85. The lowest BCUT2D eigenvalue weighted by Gasteiger charge is -2.10. The van der Waals surface area contributed by atoms with E-state index in [0.717, 1.165) is 11.3 Å². The van der Waals surface area contributed by atoms with Gasteiger partial charge in [-0.2, -0.15) is 0 Å². The Morgan fingerprint density at radius 2 is 1.78 bits per heavy atom.